The number of carboxylic acids is 1. The van der Waals surface area contributed by atoms with E-state index in [-0.39, 0.29) is 0 Å². The molecule has 4 atom stereocenters. The van der Waals surface area contributed by atoms with Crippen LogP contribution in [0, 0.1) is 0 Å². The van der Waals surface area contributed by atoms with Crippen molar-refractivity contribution in [2.75, 3.05) is 13.2 Å². The van der Waals surface area contributed by atoms with E-state index in [0.29, 0.717) is 0 Å². The number of aliphatic hydroxyl groups is 1. The normalized spacial score (nSPS) is 16.6. The molecule has 0 aliphatic carbocycles. The number of aliphatic carboxylic acids is 1. The van der Waals surface area contributed by atoms with Gasteiger partial charge in [0, 0.05) is 0 Å². The lowest BCUT2D eigenvalue weighted by atomic mass is 10.2. The Morgan fingerprint density at radius 3 is 2.10 bits per heavy atom. The van der Waals surface area contributed by atoms with Crippen LogP contribution < -0.4 is 17.2 Å². The molecule has 116 valence electrons. The lowest BCUT2D eigenvalue weighted by Gasteiger charge is -2.20. The smallest absolute Gasteiger partial charge is 0.326 e. The highest BCUT2D eigenvalue weighted by Crippen LogP contribution is 2.01. The molecule has 8 N–H and O–H groups in total. The number of carbonyl (C=O) groups excluding carboxylic acids is 2. The first-order valence-electron chi connectivity index (χ1n) is 5.68. The van der Waals surface area contributed by atoms with Crippen LogP contribution in [0.3, 0.4) is 0 Å². The average molecular weight is 293 g/mol. The van der Waals surface area contributed by atoms with Gasteiger partial charge in [0.15, 0.2) is 0 Å². The summed E-state index contributed by atoms with van der Waals surface area (Å²) in [6.07, 6.45) is -1.06. The second-order valence-electron chi connectivity index (χ2n) is 4.03. The standard InChI is InChI=1S/C10H19N3O7/c1-4(20-9(17)5(11)2-14)7(13)10(18)19-3-6(12)8(15)16/h4-7,14H,2-3,11-13H2,1H3,(H,15,16)/t4-,5+,6+,7+/m1/s1. The molecule has 0 saturated carbocycles. The van der Waals surface area contributed by atoms with Gasteiger partial charge in [-0.2, -0.15) is 0 Å². The van der Waals surface area contributed by atoms with E-state index in [1.807, 2.05) is 0 Å². The molecule has 0 spiro atoms. The van der Waals surface area contributed by atoms with Crippen molar-refractivity contribution in [2.45, 2.75) is 31.2 Å². The highest BCUT2D eigenvalue weighted by atomic mass is 16.6. The van der Waals surface area contributed by atoms with Gasteiger partial charge in [0.2, 0.25) is 0 Å². The van der Waals surface area contributed by atoms with Crippen molar-refractivity contribution in [3.8, 4) is 0 Å². The maximum Gasteiger partial charge on any atom is 0.326 e. The van der Waals surface area contributed by atoms with Gasteiger partial charge in [0.1, 0.15) is 30.8 Å². The summed E-state index contributed by atoms with van der Waals surface area (Å²) in [5, 5.41) is 17.1. The van der Waals surface area contributed by atoms with Crippen LogP contribution in [0.5, 0.6) is 0 Å². The van der Waals surface area contributed by atoms with Crippen LogP contribution in [0.2, 0.25) is 0 Å². The van der Waals surface area contributed by atoms with E-state index in [0.717, 1.165) is 0 Å². The Labute approximate surface area is 114 Å². The van der Waals surface area contributed by atoms with Gasteiger partial charge in [0.25, 0.3) is 0 Å². The fourth-order valence-electron chi connectivity index (χ4n) is 0.950. The van der Waals surface area contributed by atoms with E-state index in [1.54, 1.807) is 0 Å². The minimum Gasteiger partial charge on any atom is -0.480 e. The molecule has 0 unspecified atom stereocenters. The second-order valence-corrected chi connectivity index (χ2v) is 4.03. The molecular formula is C10H19N3O7. The first kappa shape index (κ1) is 18.2. The number of ether oxygens (including phenoxy) is 2. The Morgan fingerprint density at radius 2 is 1.65 bits per heavy atom. The van der Waals surface area contributed by atoms with E-state index in [2.05, 4.69) is 4.74 Å². The van der Waals surface area contributed by atoms with Crippen molar-refractivity contribution in [2.24, 2.45) is 17.2 Å². The molecule has 0 amide bonds. The topological polar surface area (TPSA) is 188 Å². The SMILES string of the molecule is C[C@@H](OC(=O)[C@@H](N)CO)[C@H](N)C(=O)OC[C@H](N)C(=O)O. The molecule has 0 aromatic rings. The molecule has 0 aromatic carbocycles. The van der Waals surface area contributed by atoms with E-state index in [9.17, 15) is 14.4 Å². The molecule has 10 heteroatoms. The quantitative estimate of drug-likeness (QED) is 0.281. The molecule has 0 aliphatic heterocycles. The van der Waals surface area contributed by atoms with Crippen molar-refractivity contribution in [3.05, 3.63) is 0 Å². The molecular weight excluding hydrogens is 274 g/mol. The number of rotatable bonds is 8. The van der Waals surface area contributed by atoms with Crippen LogP contribution in [0.4, 0.5) is 0 Å². The minimum atomic E-state index is -1.37. The van der Waals surface area contributed by atoms with Crippen LogP contribution >= 0.6 is 0 Å². The van der Waals surface area contributed by atoms with Crippen LogP contribution in [0.1, 0.15) is 6.92 Å². The predicted octanol–water partition coefficient (Wildman–Crippen LogP) is -3.48. The first-order valence-corrected chi connectivity index (χ1v) is 5.68. The Bertz CT molecular complexity index is 363. The van der Waals surface area contributed by atoms with Crippen molar-refractivity contribution in [1.29, 1.82) is 0 Å². The largest absolute Gasteiger partial charge is 0.480 e. The summed E-state index contributed by atoms with van der Waals surface area (Å²) in [5.74, 6) is -3.23. The molecule has 0 radical (unpaired) electrons. The Hall–Kier alpha value is -1.75. The van der Waals surface area contributed by atoms with Crippen molar-refractivity contribution < 1.29 is 34.1 Å². The van der Waals surface area contributed by atoms with Crippen LogP contribution in [-0.2, 0) is 23.9 Å². The van der Waals surface area contributed by atoms with Gasteiger partial charge in [-0.15, -0.1) is 0 Å². The van der Waals surface area contributed by atoms with Gasteiger partial charge in [0.05, 0.1) is 6.61 Å². The minimum absolute atomic E-state index is 0.557. The number of carbonyl (C=O) groups is 3. The third-order valence-electron chi connectivity index (χ3n) is 2.30. The van der Waals surface area contributed by atoms with Gasteiger partial charge >= 0.3 is 17.9 Å². The zero-order valence-corrected chi connectivity index (χ0v) is 10.9. The molecule has 0 heterocycles. The number of hydrogen-bond donors (Lipinski definition) is 5. The number of nitrogens with two attached hydrogens (primary N) is 3. The van der Waals surface area contributed by atoms with Crippen LogP contribution in [-0.4, -0.2) is 65.6 Å². The summed E-state index contributed by atoms with van der Waals surface area (Å²) in [6.45, 7) is 0.155. The third-order valence-corrected chi connectivity index (χ3v) is 2.30. The summed E-state index contributed by atoms with van der Waals surface area (Å²) in [4.78, 5) is 33.1. The summed E-state index contributed by atoms with van der Waals surface area (Å²) >= 11 is 0. The molecule has 20 heavy (non-hydrogen) atoms. The zero-order chi connectivity index (χ0) is 15.9. The molecule has 0 aromatic heterocycles. The average Bonchev–Trinajstić information content (AvgIpc) is 2.41. The van der Waals surface area contributed by atoms with E-state index >= 15 is 0 Å². The molecule has 0 saturated heterocycles. The Morgan fingerprint density at radius 1 is 1.10 bits per heavy atom. The maximum absolute atomic E-state index is 11.5. The zero-order valence-electron chi connectivity index (χ0n) is 10.9. The van der Waals surface area contributed by atoms with E-state index in [1.165, 1.54) is 6.92 Å². The van der Waals surface area contributed by atoms with Gasteiger partial charge in [-0.3, -0.25) is 14.4 Å². The molecule has 0 rings (SSSR count). The summed E-state index contributed by atoms with van der Waals surface area (Å²) in [7, 11) is 0. The van der Waals surface area contributed by atoms with Crippen LogP contribution in [0.15, 0.2) is 0 Å². The van der Waals surface area contributed by atoms with Gasteiger partial charge in [-0.1, -0.05) is 0 Å². The molecule has 0 aliphatic rings. The van der Waals surface area contributed by atoms with Crippen molar-refractivity contribution >= 4 is 17.9 Å². The highest BCUT2D eigenvalue weighted by molar-refractivity contribution is 5.79. The molecule has 0 bridgehead atoms. The third kappa shape index (κ3) is 5.93. The van der Waals surface area contributed by atoms with Gasteiger partial charge in [-0.05, 0) is 6.92 Å². The number of aliphatic hydroxyl groups excluding tert-OH is 1. The summed E-state index contributed by atoms with van der Waals surface area (Å²) in [5.41, 5.74) is 15.8. The van der Waals surface area contributed by atoms with Gasteiger partial charge < -0.3 is 36.9 Å². The van der Waals surface area contributed by atoms with E-state index in [4.69, 9.17) is 32.2 Å². The van der Waals surface area contributed by atoms with Crippen molar-refractivity contribution in [1.82, 2.24) is 0 Å². The number of esters is 2. The van der Waals surface area contributed by atoms with E-state index < -0.39 is 55.4 Å². The Balaban J connectivity index is 4.29. The fraction of sp³-hybridized carbons (Fsp3) is 0.700. The predicted molar refractivity (Wildman–Crippen MR) is 65.2 cm³/mol. The van der Waals surface area contributed by atoms with Crippen LogP contribution in [0.25, 0.3) is 0 Å². The maximum atomic E-state index is 11.5. The fourth-order valence-corrected chi connectivity index (χ4v) is 0.950. The lowest BCUT2D eigenvalue weighted by Crippen LogP contribution is -2.48. The van der Waals surface area contributed by atoms with Crippen molar-refractivity contribution in [3.63, 3.8) is 0 Å². The number of hydrogen-bond acceptors (Lipinski definition) is 9. The molecule has 10 nitrogen and oxygen atoms in total. The highest BCUT2D eigenvalue weighted by Gasteiger charge is 2.28. The van der Waals surface area contributed by atoms with Gasteiger partial charge in [-0.25, -0.2) is 0 Å². The Kier molecular flexibility index (Phi) is 7.69. The number of carboxylic acid groups (broad SMARTS) is 1. The summed E-state index contributed by atoms with van der Waals surface area (Å²) in [6, 6.07) is -3.93. The first-order chi connectivity index (χ1) is 9.20. The monoisotopic (exact) mass is 293 g/mol. The second kappa shape index (κ2) is 8.43. The summed E-state index contributed by atoms with van der Waals surface area (Å²) < 4.78 is 9.32. The lowest BCUT2D eigenvalue weighted by molar-refractivity contribution is -0.158. The molecule has 0 fully saturated rings.